The molecule has 0 unspecified atom stereocenters. The van der Waals surface area contributed by atoms with Crippen LogP contribution in [0.4, 0.5) is 5.82 Å². The number of benzene rings is 1. The number of amides is 1. The standard InChI is InChI=1S/C18H12ClN3O2/c1-10-8-15(21-9-12(10)19)22-18(23)17-14-3-2-13(24-14)16(17)11-4-6-20-7-5-11/h2-9H,1H3,(H,21,22,23). The fraction of sp³-hybridized carbons (Fsp3) is 0.0556. The lowest BCUT2D eigenvalue weighted by Crippen LogP contribution is -2.14. The van der Waals surface area contributed by atoms with Crippen LogP contribution < -0.4 is 5.32 Å². The van der Waals surface area contributed by atoms with Gasteiger partial charge in [0, 0.05) is 24.2 Å². The molecule has 4 rings (SSSR count). The minimum Gasteiger partial charge on any atom is -0.456 e. The van der Waals surface area contributed by atoms with E-state index >= 15 is 0 Å². The summed E-state index contributed by atoms with van der Waals surface area (Å²) >= 11 is 5.97. The zero-order valence-electron chi connectivity index (χ0n) is 12.7. The van der Waals surface area contributed by atoms with Gasteiger partial charge < -0.3 is 9.73 Å². The van der Waals surface area contributed by atoms with Gasteiger partial charge in [-0.1, -0.05) is 11.6 Å². The highest BCUT2D eigenvalue weighted by Gasteiger charge is 2.24. The number of aryl methyl sites for hydroxylation is 1. The van der Waals surface area contributed by atoms with E-state index in [0.717, 1.165) is 16.7 Å². The molecule has 0 fully saturated rings. The molecule has 0 aromatic carbocycles. The maximum absolute atomic E-state index is 12.8. The first-order valence-electron chi connectivity index (χ1n) is 7.32. The van der Waals surface area contributed by atoms with Gasteiger partial charge in [0.15, 0.2) is 0 Å². The van der Waals surface area contributed by atoms with E-state index in [2.05, 4.69) is 15.3 Å². The number of hydrogen-bond acceptors (Lipinski definition) is 4. The molecular weight excluding hydrogens is 326 g/mol. The van der Waals surface area contributed by atoms with E-state index in [1.807, 2.05) is 25.1 Å². The molecule has 4 aromatic rings. The van der Waals surface area contributed by atoms with E-state index < -0.39 is 0 Å². The first-order valence-corrected chi connectivity index (χ1v) is 7.70. The molecule has 4 aromatic heterocycles. The van der Waals surface area contributed by atoms with Crippen molar-refractivity contribution in [2.45, 2.75) is 6.92 Å². The van der Waals surface area contributed by atoms with Crippen molar-refractivity contribution >= 4 is 34.5 Å². The number of hydrogen-bond donors (Lipinski definition) is 1. The average molecular weight is 338 g/mol. The monoisotopic (exact) mass is 337 g/mol. The van der Waals surface area contributed by atoms with Crippen molar-refractivity contribution in [3.63, 3.8) is 0 Å². The molecule has 0 aliphatic carbocycles. The third-order valence-electron chi connectivity index (χ3n) is 3.83. The summed E-state index contributed by atoms with van der Waals surface area (Å²) in [6.07, 6.45) is 4.88. The maximum atomic E-state index is 12.8. The van der Waals surface area contributed by atoms with Gasteiger partial charge in [0.1, 0.15) is 17.0 Å². The Bertz CT molecular complexity index is 1030. The Morgan fingerprint density at radius 3 is 2.67 bits per heavy atom. The predicted octanol–water partition coefficient (Wildman–Crippen LogP) is 4.54. The molecule has 0 radical (unpaired) electrons. The Morgan fingerprint density at radius 1 is 1.17 bits per heavy atom. The van der Waals surface area contributed by atoms with Gasteiger partial charge in [0.25, 0.3) is 5.91 Å². The lowest BCUT2D eigenvalue weighted by molar-refractivity contribution is 0.102. The van der Waals surface area contributed by atoms with Crippen molar-refractivity contribution in [3.8, 4) is 11.1 Å². The van der Waals surface area contributed by atoms with Crippen LogP contribution in [0.15, 0.2) is 53.3 Å². The van der Waals surface area contributed by atoms with E-state index in [9.17, 15) is 4.79 Å². The highest BCUT2D eigenvalue weighted by atomic mass is 35.5. The Kier molecular flexibility index (Phi) is 3.43. The fourth-order valence-corrected chi connectivity index (χ4v) is 2.77. The average Bonchev–Trinajstić information content (AvgIpc) is 3.20. The maximum Gasteiger partial charge on any atom is 0.261 e. The van der Waals surface area contributed by atoms with Gasteiger partial charge in [-0.25, -0.2) is 4.98 Å². The number of halogens is 1. The number of anilines is 1. The third-order valence-corrected chi connectivity index (χ3v) is 4.23. The molecule has 1 N–H and O–H groups in total. The third kappa shape index (κ3) is 2.39. The van der Waals surface area contributed by atoms with Crippen LogP contribution in [-0.2, 0) is 0 Å². The first kappa shape index (κ1) is 14.7. The Labute approximate surface area is 142 Å². The van der Waals surface area contributed by atoms with Gasteiger partial charge in [-0.05, 0) is 48.4 Å². The van der Waals surface area contributed by atoms with Crippen LogP contribution in [0.1, 0.15) is 15.9 Å². The SMILES string of the molecule is Cc1cc(NC(=O)c2c(-c3ccncc3)c3ccc2o3)ncc1Cl. The Hall–Kier alpha value is -2.92. The zero-order valence-corrected chi connectivity index (χ0v) is 13.5. The number of nitrogens with zero attached hydrogens (tertiary/aromatic N) is 2. The van der Waals surface area contributed by atoms with E-state index in [0.29, 0.717) is 27.6 Å². The van der Waals surface area contributed by atoms with Crippen LogP contribution in [0.5, 0.6) is 0 Å². The molecule has 2 bridgehead atoms. The lowest BCUT2D eigenvalue weighted by atomic mass is 10.0. The summed E-state index contributed by atoms with van der Waals surface area (Å²) in [4.78, 5) is 20.9. The van der Waals surface area contributed by atoms with Crippen molar-refractivity contribution in [1.82, 2.24) is 9.97 Å². The van der Waals surface area contributed by atoms with Crippen molar-refractivity contribution < 1.29 is 9.21 Å². The zero-order chi connectivity index (χ0) is 16.7. The van der Waals surface area contributed by atoms with E-state index in [4.69, 9.17) is 16.0 Å². The fourth-order valence-electron chi connectivity index (χ4n) is 2.67. The van der Waals surface area contributed by atoms with Crippen LogP contribution in [0, 0.1) is 6.92 Å². The Morgan fingerprint density at radius 2 is 1.92 bits per heavy atom. The van der Waals surface area contributed by atoms with Gasteiger partial charge in [-0.2, -0.15) is 0 Å². The van der Waals surface area contributed by atoms with Crippen LogP contribution in [0.2, 0.25) is 5.02 Å². The first-order chi connectivity index (χ1) is 11.6. The van der Waals surface area contributed by atoms with E-state index in [1.54, 1.807) is 24.5 Å². The number of pyridine rings is 2. The molecule has 0 saturated carbocycles. The van der Waals surface area contributed by atoms with E-state index in [-0.39, 0.29) is 5.91 Å². The van der Waals surface area contributed by atoms with Crippen molar-refractivity contribution in [1.29, 1.82) is 0 Å². The van der Waals surface area contributed by atoms with Crippen molar-refractivity contribution in [2.24, 2.45) is 0 Å². The predicted molar refractivity (Wildman–Crippen MR) is 92.6 cm³/mol. The van der Waals surface area contributed by atoms with E-state index in [1.165, 1.54) is 6.20 Å². The molecule has 0 spiro atoms. The second-order valence-corrected chi connectivity index (χ2v) is 5.83. The molecule has 5 nitrogen and oxygen atoms in total. The summed E-state index contributed by atoms with van der Waals surface area (Å²) in [5, 5.41) is 3.36. The molecule has 24 heavy (non-hydrogen) atoms. The number of carbonyl (C=O) groups is 1. The summed E-state index contributed by atoms with van der Waals surface area (Å²) in [5.74, 6) is 0.172. The lowest BCUT2D eigenvalue weighted by Gasteiger charge is -2.08. The van der Waals surface area contributed by atoms with Gasteiger partial charge in [0.2, 0.25) is 0 Å². The number of fused-ring (bicyclic) bond motifs is 2. The molecule has 1 amide bonds. The van der Waals surface area contributed by atoms with Crippen LogP contribution in [0.25, 0.3) is 22.3 Å². The van der Waals surface area contributed by atoms with Crippen LogP contribution >= 0.6 is 11.6 Å². The van der Waals surface area contributed by atoms with Crippen LogP contribution in [0.3, 0.4) is 0 Å². The van der Waals surface area contributed by atoms with Crippen molar-refractivity contribution in [2.75, 3.05) is 5.32 Å². The molecule has 6 heteroatoms. The van der Waals surface area contributed by atoms with Gasteiger partial charge >= 0.3 is 0 Å². The highest BCUT2D eigenvalue weighted by molar-refractivity contribution is 6.31. The molecule has 0 aliphatic rings. The van der Waals surface area contributed by atoms with Gasteiger partial charge in [-0.15, -0.1) is 0 Å². The minimum atomic E-state index is -0.273. The van der Waals surface area contributed by atoms with Gasteiger partial charge in [-0.3, -0.25) is 9.78 Å². The second kappa shape index (κ2) is 5.62. The smallest absolute Gasteiger partial charge is 0.261 e. The number of nitrogens with one attached hydrogen (secondary N) is 1. The number of furan rings is 2. The molecular formula is C18H12ClN3O2. The Balaban J connectivity index is 1.74. The summed E-state index contributed by atoms with van der Waals surface area (Å²) in [5.41, 5.74) is 4.19. The number of aromatic nitrogens is 2. The summed E-state index contributed by atoms with van der Waals surface area (Å²) in [7, 11) is 0. The molecule has 4 heterocycles. The van der Waals surface area contributed by atoms with Crippen molar-refractivity contribution in [3.05, 3.63) is 65.1 Å². The molecule has 0 saturated heterocycles. The summed E-state index contributed by atoms with van der Waals surface area (Å²) < 4.78 is 5.68. The normalized spacial score (nSPS) is 11.1. The highest BCUT2D eigenvalue weighted by Crippen LogP contribution is 2.37. The summed E-state index contributed by atoms with van der Waals surface area (Å²) in [6, 6.07) is 9.06. The minimum absolute atomic E-state index is 0.273. The quantitative estimate of drug-likeness (QED) is 0.596. The number of rotatable bonds is 3. The molecule has 0 aliphatic heterocycles. The molecule has 118 valence electrons. The summed E-state index contributed by atoms with van der Waals surface area (Å²) in [6.45, 7) is 1.86. The number of carbonyl (C=O) groups excluding carboxylic acids is 1. The largest absolute Gasteiger partial charge is 0.456 e. The van der Waals surface area contributed by atoms with Gasteiger partial charge in [0.05, 0.1) is 10.6 Å². The topological polar surface area (TPSA) is 68.0 Å². The van der Waals surface area contributed by atoms with Crippen LogP contribution in [-0.4, -0.2) is 15.9 Å². The second-order valence-electron chi connectivity index (χ2n) is 5.42. The molecule has 0 atom stereocenters.